The van der Waals surface area contributed by atoms with Gasteiger partial charge < -0.3 is 9.80 Å². The van der Waals surface area contributed by atoms with Crippen LogP contribution in [0, 0.1) is 5.92 Å². The number of piperazine rings is 1. The zero-order valence-corrected chi connectivity index (χ0v) is 15.8. The van der Waals surface area contributed by atoms with Gasteiger partial charge in [0.15, 0.2) is 0 Å². The molecular formula is C20H31N3O2. The third kappa shape index (κ3) is 6.50. The minimum Gasteiger partial charge on any atom is -0.348 e. The van der Waals surface area contributed by atoms with Crippen molar-refractivity contribution in [3.8, 4) is 0 Å². The fourth-order valence-electron chi connectivity index (χ4n) is 3.08. The molecule has 1 heterocycles. The van der Waals surface area contributed by atoms with Crippen LogP contribution in [0.2, 0.25) is 0 Å². The van der Waals surface area contributed by atoms with Gasteiger partial charge in [-0.15, -0.1) is 0 Å². The molecule has 1 atom stereocenters. The Bertz CT molecular complexity index is 551. The first-order valence-corrected chi connectivity index (χ1v) is 9.20. The van der Waals surface area contributed by atoms with Crippen LogP contribution >= 0.6 is 0 Å². The van der Waals surface area contributed by atoms with E-state index in [1.807, 2.05) is 11.0 Å². The molecule has 1 aliphatic heterocycles. The maximum Gasteiger partial charge on any atom is 0.236 e. The number of rotatable bonds is 7. The molecule has 0 aromatic heterocycles. The predicted octanol–water partition coefficient (Wildman–Crippen LogP) is 1.88. The minimum atomic E-state index is 0.120. The van der Waals surface area contributed by atoms with E-state index >= 15 is 0 Å². The molecule has 1 aromatic rings. The fraction of sp³-hybridized carbons (Fsp3) is 0.600. The molecule has 0 radical (unpaired) electrons. The van der Waals surface area contributed by atoms with Gasteiger partial charge in [0.2, 0.25) is 11.8 Å². The van der Waals surface area contributed by atoms with Crippen molar-refractivity contribution in [3.05, 3.63) is 35.9 Å². The Labute approximate surface area is 151 Å². The van der Waals surface area contributed by atoms with Gasteiger partial charge in [0.25, 0.3) is 0 Å². The van der Waals surface area contributed by atoms with E-state index < -0.39 is 0 Å². The number of amides is 2. The van der Waals surface area contributed by atoms with E-state index in [1.54, 1.807) is 19.0 Å². The largest absolute Gasteiger partial charge is 0.348 e. The summed E-state index contributed by atoms with van der Waals surface area (Å²) >= 11 is 0. The number of carbonyl (C=O) groups excluding carboxylic acids is 2. The standard InChI is InChI=1S/C20H31N3O2/c1-17(9-10-18-7-5-4-6-8-18)15-19(24)23-13-11-22(12-14-23)16-20(25)21(2)3/h4-8,17H,9-16H2,1-3H3/t17-/m1/s1. The number of benzene rings is 1. The molecule has 2 amide bonds. The molecule has 0 bridgehead atoms. The third-order valence-corrected chi connectivity index (χ3v) is 4.87. The highest BCUT2D eigenvalue weighted by Crippen LogP contribution is 2.15. The Balaban J connectivity index is 1.68. The molecule has 5 nitrogen and oxygen atoms in total. The fourth-order valence-corrected chi connectivity index (χ4v) is 3.08. The van der Waals surface area contributed by atoms with Crippen molar-refractivity contribution in [3.63, 3.8) is 0 Å². The van der Waals surface area contributed by atoms with E-state index in [0.717, 1.165) is 39.0 Å². The average molecular weight is 345 g/mol. The summed E-state index contributed by atoms with van der Waals surface area (Å²) in [7, 11) is 3.55. The smallest absolute Gasteiger partial charge is 0.236 e. The summed E-state index contributed by atoms with van der Waals surface area (Å²) in [6, 6.07) is 10.4. The van der Waals surface area contributed by atoms with Gasteiger partial charge in [0, 0.05) is 46.7 Å². The molecule has 5 heteroatoms. The van der Waals surface area contributed by atoms with Crippen LogP contribution in [0.15, 0.2) is 30.3 Å². The molecule has 1 aliphatic rings. The van der Waals surface area contributed by atoms with Crippen LogP contribution in [0.4, 0.5) is 0 Å². The Hall–Kier alpha value is -1.88. The van der Waals surface area contributed by atoms with Crippen LogP contribution < -0.4 is 0 Å². The monoisotopic (exact) mass is 345 g/mol. The normalized spacial score (nSPS) is 16.5. The van der Waals surface area contributed by atoms with Crippen molar-refractivity contribution in [2.45, 2.75) is 26.2 Å². The van der Waals surface area contributed by atoms with Crippen LogP contribution in [0.1, 0.15) is 25.3 Å². The summed E-state index contributed by atoms with van der Waals surface area (Å²) < 4.78 is 0. The highest BCUT2D eigenvalue weighted by molar-refractivity contribution is 5.78. The van der Waals surface area contributed by atoms with Crippen LogP contribution in [0.5, 0.6) is 0 Å². The number of carbonyl (C=O) groups is 2. The summed E-state index contributed by atoms with van der Waals surface area (Å²) in [6.07, 6.45) is 2.67. The van der Waals surface area contributed by atoms with Crippen LogP contribution in [-0.2, 0) is 16.0 Å². The van der Waals surface area contributed by atoms with Crippen LogP contribution in [-0.4, -0.2) is 73.3 Å². The third-order valence-electron chi connectivity index (χ3n) is 4.87. The summed E-state index contributed by atoms with van der Waals surface area (Å²) in [4.78, 5) is 30.0. The van der Waals surface area contributed by atoms with Gasteiger partial charge >= 0.3 is 0 Å². The Morgan fingerprint density at radius 3 is 2.32 bits per heavy atom. The van der Waals surface area contributed by atoms with Gasteiger partial charge in [-0.3, -0.25) is 14.5 Å². The molecule has 2 rings (SSSR count). The number of hydrogen-bond donors (Lipinski definition) is 0. The second-order valence-corrected chi connectivity index (χ2v) is 7.28. The Kier molecular flexibility index (Phi) is 7.44. The number of likely N-dealkylation sites (N-methyl/N-ethyl adjacent to an activating group) is 1. The Morgan fingerprint density at radius 2 is 1.72 bits per heavy atom. The predicted molar refractivity (Wildman–Crippen MR) is 100 cm³/mol. The number of aryl methyl sites for hydroxylation is 1. The first-order chi connectivity index (χ1) is 12.0. The zero-order chi connectivity index (χ0) is 18.2. The molecule has 25 heavy (non-hydrogen) atoms. The van der Waals surface area contributed by atoms with Gasteiger partial charge in [-0.1, -0.05) is 37.3 Å². The molecule has 138 valence electrons. The topological polar surface area (TPSA) is 43.9 Å². The van der Waals surface area contributed by atoms with E-state index in [4.69, 9.17) is 0 Å². The molecular weight excluding hydrogens is 314 g/mol. The van der Waals surface area contributed by atoms with Gasteiger partial charge in [-0.25, -0.2) is 0 Å². The molecule has 0 saturated carbocycles. The first kappa shape index (κ1) is 19.4. The van der Waals surface area contributed by atoms with E-state index in [1.165, 1.54) is 5.56 Å². The van der Waals surface area contributed by atoms with Crippen molar-refractivity contribution >= 4 is 11.8 Å². The SMILES string of the molecule is C[C@H](CCc1ccccc1)CC(=O)N1CCN(CC(=O)N(C)C)CC1. The molecule has 0 spiro atoms. The zero-order valence-electron chi connectivity index (χ0n) is 15.8. The summed E-state index contributed by atoms with van der Waals surface area (Å²) in [5.74, 6) is 0.759. The quantitative estimate of drug-likeness (QED) is 0.758. The summed E-state index contributed by atoms with van der Waals surface area (Å²) in [5.41, 5.74) is 1.33. The molecule has 0 unspecified atom stereocenters. The summed E-state index contributed by atoms with van der Waals surface area (Å²) in [5, 5.41) is 0. The van der Waals surface area contributed by atoms with E-state index in [-0.39, 0.29) is 11.8 Å². The second kappa shape index (κ2) is 9.56. The van der Waals surface area contributed by atoms with E-state index in [9.17, 15) is 9.59 Å². The van der Waals surface area contributed by atoms with Crippen molar-refractivity contribution in [2.24, 2.45) is 5.92 Å². The van der Waals surface area contributed by atoms with Crippen molar-refractivity contribution in [2.75, 3.05) is 46.8 Å². The van der Waals surface area contributed by atoms with E-state index in [2.05, 4.69) is 36.1 Å². The molecule has 1 saturated heterocycles. The first-order valence-electron chi connectivity index (χ1n) is 9.20. The molecule has 1 aromatic carbocycles. The van der Waals surface area contributed by atoms with Crippen molar-refractivity contribution in [1.82, 2.24) is 14.7 Å². The lowest BCUT2D eigenvalue weighted by Gasteiger charge is -2.35. The highest BCUT2D eigenvalue weighted by Gasteiger charge is 2.23. The van der Waals surface area contributed by atoms with Crippen molar-refractivity contribution in [1.29, 1.82) is 0 Å². The van der Waals surface area contributed by atoms with Gasteiger partial charge in [-0.05, 0) is 24.3 Å². The van der Waals surface area contributed by atoms with Gasteiger partial charge in [0.05, 0.1) is 6.54 Å². The number of hydrogen-bond acceptors (Lipinski definition) is 3. The molecule has 1 fully saturated rings. The lowest BCUT2D eigenvalue weighted by molar-refractivity contribution is -0.135. The molecule has 0 aliphatic carbocycles. The Morgan fingerprint density at radius 1 is 1.08 bits per heavy atom. The van der Waals surface area contributed by atoms with Gasteiger partial charge in [-0.2, -0.15) is 0 Å². The maximum absolute atomic E-state index is 12.5. The van der Waals surface area contributed by atoms with Gasteiger partial charge in [0.1, 0.15) is 0 Å². The van der Waals surface area contributed by atoms with Crippen LogP contribution in [0.3, 0.4) is 0 Å². The highest BCUT2D eigenvalue weighted by atomic mass is 16.2. The van der Waals surface area contributed by atoms with E-state index in [0.29, 0.717) is 18.9 Å². The molecule has 0 N–H and O–H groups in total. The van der Waals surface area contributed by atoms with Crippen molar-refractivity contribution < 1.29 is 9.59 Å². The maximum atomic E-state index is 12.5. The second-order valence-electron chi connectivity index (χ2n) is 7.28. The summed E-state index contributed by atoms with van der Waals surface area (Å²) in [6.45, 7) is 5.62. The van der Waals surface area contributed by atoms with Crippen LogP contribution in [0.25, 0.3) is 0 Å². The average Bonchev–Trinajstić information content (AvgIpc) is 2.61. The minimum absolute atomic E-state index is 0.120. The lowest BCUT2D eigenvalue weighted by Crippen LogP contribution is -2.51. The number of nitrogens with zero attached hydrogens (tertiary/aromatic N) is 3. The lowest BCUT2D eigenvalue weighted by atomic mass is 9.97.